The van der Waals surface area contributed by atoms with E-state index in [-0.39, 0.29) is 0 Å². The minimum Gasteiger partial charge on any atom is -0.309 e. The second-order valence-electron chi connectivity index (χ2n) is 8.74. The summed E-state index contributed by atoms with van der Waals surface area (Å²) in [5, 5.41) is 7.88. The molecule has 3 heterocycles. The lowest BCUT2D eigenvalue weighted by Crippen LogP contribution is -1.93. The van der Waals surface area contributed by atoms with Gasteiger partial charge in [0.25, 0.3) is 0 Å². The predicted octanol–water partition coefficient (Wildman–Crippen LogP) is 8.54. The van der Waals surface area contributed by atoms with Crippen LogP contribution in [0.5, 0.6) is 0 Å². The van der Waals surface area contributed by atoms with E-state index in [1.54, 1.807) is 0 Å². The fraction of sp³-hybridized carbons (Fsp3) is 0. The van der Waals surface area contributed by atoms with Crippen LogP contribution in [0.25, 0.3) is 65.6 Å². The molecule has 33 heavy (non-hydrogen) atoms. The molecule has 5 aromatic carbocycles. The first-order valence-electron chi connectivity index (χ1n) is 11.2. The molecule has 0 spiro atoms. The number of benzene rings is 5. The molecule has 0 N–H and O–H groups in total. The molecule has 0 radical (unpaired) electrons. The predicted molar refractivity (Wildman–Crippen MR) is 148 cm³/mol. The molecule has 8 rings (SSSR count). The number of hydrogen-bond acceptors (Lipinski definition) is 0. The molecule has 0 bridgehead atoms. The lowest BCUT2D eigenvalue weighted by molar-refractivity contribution is 1.18. The molecule has 8 aromatic rings. The average Bonchev–Trinajstić information content (AvgIpc) is 3.32. The summed E-state index contributed by atoms with van der Waals surface area (Å²) >= 11 is 2.43. The lowest BCUT2D eigenvalue weighted by atomic mass is 10.0. The Morgan fingerprint density at radius 1 is 0.485 bits per heavy atom. The number of aromatic nitrogens is 2. The van der Waals surface area contributed by atoms with Crippen molar-refractivity contribution < 1.29 is 0 Å². The highest BCUT2D eigenvalue weighted by molar-refractivity contribution is 14.1. The number of fused-ring (bicyclic) bond motifs is 6. The molecule has 0 aliphatic heterocycles. The Labute approximate surface area is 203 Å². The van der Waals surface area contributed by atoms with Crippen LogP contribution >= 0.6 is 22.6 Å². The number of para-hydroxylation sites is 2. The summed E-state index contributed by atoms with van der Waals surface area (Å²) in [5.41, 5.74) is 7.53. The van der Waals surface area contributed by atoms with Crippen molar-refractivity contribution in [3.63, 3.8) is 0 Å². The third-order valence-electron chi connectivity index (χ3n) is 7.09. The first-order chi connectivity index (χ1) is 16.3. The Morgan fingerprint density at radius 3 is 2.09 bits per heavy atom. The molecule has 2 nitrogen and oxygen atoms in total. The number of halogens is 1. The normalized spacial score (nSPS) is 12.4. The highest BCUT2D eigenvalue weighted by atomic mass is 127. The summed E-state index contributed by atoms with van der Waals surface area (Å²) < 4.78 is 6.17. The molecule has 0 aliphatic carbocycles. The van der Waals surface area contributed by atoms with Crippen molar-refractivity contribution in [2.75, 3.05) is 0 Å². The van der Waals surface area contributed by atoms with Gasteiger partial charge in [-0.25, -0.2) is 0 Å². The Balaban J connectivity index is 1.82. The van der Waals surface area contributed by atoms with Gasteiger partial charge >= 0.3 is 0 Å². The molecular formula is C30H17IN2. The molecule has 3 aromatic heterocycles. The van der Waals surface area contributed by atoms with Gasteiger partial charge in [0.05, 0.1) is 27.6 Å². The quantitative estimate of drug-likeness (QED) is 0.188. The van der Waals surface area contributed by atoms with Crippen LogP contribution in [0.2, 0.25) is 0 Å². The highest BCUT2D eigenvalue weighted by Crippen LogP contribution is 2.45. The zero-order valence-corrected chi connectivity index (χ0v) is 19.7. The van der Waals surface area contributed by atoms with Crippen LogP contribution in [0, 0.1) is 3.57 Å². The van der Waals surface area contributed by atoms with Gasteiger partial charge in [-0.2, -0.15) is 0 Å². The van der Waals surface area contributed by atoms with Gasteiger partial charge in [-0.05, 0) is 70.4 Å². The molecule has 3 heteroatoms. The van der Waals surface area contributed by atoms with Crippen LogP contribution in [0.3, 0.4) is 0 Å². The zero-order chi connectivity index (χ0) is 21.7. The van der Waals surface area contributed by atoms with Crippen LogP contribution in [0.1, 0.15) is 0 Å². The molecule has 0 atom stereocenters. The molecule has 154 valence electrons. The van der Waals surface area contributed by atoms with Crippen molar-refractivity contribution in [3.8, 4) is 5.69 Å². The molecular weight excluding hydrogens is 515 g/mol. The Hall–Kier alpha value is -3.57. The van der Waals surface area contributed by atoms with E-state index in [0.717, 1.165) is 0 Å². The summed E-state index contributed by atoms with van der Waals surface area (Å²) in [6, 6.07) is 37.8. The summed E-state index contributed by atoms with van der Waals surface area (Å²) in [4.78, 5) is 0. The number of hydrogen-bond donors (Lipinski definition) is 0. The van der Waals surface area contributed by atoms with E-state index in [4.69, 9.17) is 0 Å². The minimum absolute atomic E-state index is 1.19. The van der Waals surface area contributed by atoms with Crippen LogP contribution in [0.15, 0.2) is 103 Å². The van der Waals surface area contributed by atoms with Gasteiger partial charge < -0.3 is 8.97 Å². The largest absolute Gasteiger partial charge is 0.309 e. The van der Waals surface area contributed by atoms with Gasteiger partial charge in [0.15, 0.2) is 0 Å². The van der Waals surface area contributed by atoms with Gasteiger partial charge in [0, 0.05) is 36.2 Å². The van der Waals surface area contributed by atoms with Crippen LogP contribution in [-0.2, 0) is 0 Å². The van der Waals surface area contributed by atoms with Crippen molar-refractivity contribution in [1.29, 1.82) is 0 Å². The molecule has 0 aliphatic rings. The zero-order valence-electron chi connectivity index (χ0n) is 17.6. The summed E-state index contributed by atoms with van der Waals surface area (Å²) in [6.07, 6.45) is 0. The molecule has 0 amide bonds. The first-order valence-corrected chi connectivity index (χ1v) is 12.2. The topological polar surface area (TPSA) is 9.34 Å². The second-order valence-corrected chi connectivity index (χ2v) is 9.99. The van der Waals surface area contributed by atoms with Crippen molar-refractivity contribution in [2.24, 2.45) is 0 Å². The third kappa shape index (κ3) is 2.18. The summed E-state index contributed by atoms with van der Waals surface area (Å²) in [6.45, 7) is 0. The summed E-state index contributed by atoms with van der Waals surface area (Å²) in [5.74, 6) is 0. The standard InChI is InChI=1S/C30H17IN2/c31-18-13-14-21-23-15-16-26-29-28-22(10-6-12-25(28)32(26)19-7-2-1-3-8-19)20-9-4-5-11-24(20)33(30(23)29)27(21)17-18/h1-17H. The van der Waals surface area contributed by atoms with E-state index in [0.29, 0.717) is 0 Å². The minimum atomic E-state index is 1.19. The van der Waals surface area contributed by atoms with Crippen molar-refractivity contribution in [1.82, 2.24) is 8.97 Å². The van der Waals surface area contributed by atoms with E-state index < -0.39 is 0 Å². The monoisotopic (exact) mass is 532 g/mol. The first kappa shape index (κ1) is 17.9. The van der Waals surface area contributed by atoms with E-state index in [9.17, 15) is 0 Å². The van der Waals surface area contributed by atoms with Crippen LogP contribution in [0.4, 0.5) is 0 Å². The van der Waals surface area contributed by atoms with Gasteiger partial charge in [0.2, 0.25) is 0 Å². The van der Waals surface area contributed by atoms with Crippen LogP contribution < -0.4 is 0 Å². The van der Waals surface area contributed by atoms with Gasteiger partial charge in [-0.3, -0.25) is 0 Å². The number of rotatable bonds is 1. The maximum absolute atomic E-state index is 2.50. The van der Waals surface area contributed by atoms with E-state index in [1.165, 1.54) is 69.2 Å². The van der Waals surface area contributed by atoms with E-state index in [2.05, 4.69) is 135 Å². The average molecular weight is 532 g/mol. The van der Waals surface area contributed by atoms with Gasteiger partial charge in [-0.1, -0.05) is 60.7 Å². The smallest absolute Gasteiger partial charge is 0.0641 e. The Bertz CT molecular complexity index is 2030. The molecule has 0 saturated carbocycles. The van der Waals surface area contributed by atoms with Crippen molar-refractivity contribution in [2.45, 2.75) is 0 Å². The third-order valence-corrected chi connectivity index (χ3v) is 7.77. The molecule has 0 unspecified atom stereocenters. The fourth-order valence-electron chi connectivity index (χ4n) is 5.85. The molecule has 0 saturated heterocycles. The van der Waals surface area contributed by atoms with Crippen LogP contribution in [-0.4, -0.2) is 8.97 Å². The Morgan fingerprint density at radius 2 is 1.18 bits per heavy atom. The van der Waals surface area contributed by atoms with Crippen molar-refractivity contribution in [3.05, 3.63) is 107 Å². The van der Waals surface area contributed by atoms with Crippen molar-refractivity contribution >= 4 is 82.5 Å². The van der Waals surface area contributed by atoms with Gasteiger partial charge in [0.1, 0.15) is 0 Å². The maximum atomic E-state index is 2.50. The highest BCUT2D eigenvalue weighted by Gasteiger charge is 2.22. The van der Waals surface area contributed by atoms with Gasteiger partial charge in [-0.15, -0.1) is 0 Å². The summed E-state index contributed by atoms with van der Waals surface area (Å²) in [7, 11) is 0. The molecule has 0 fully saturated rings. The maximum Gasteiger partial charge on any atom is 0.0641 e. The Kier molecular flexibility index (Phi) is 3.40. The lowest BCUT2D eigenvalue weighted by Gasteiger charge is -2.08. The SMILES string of the molecule is Ic1ccc2c3ccc4c5c6c(cccc6n4-c4ccccc4)c4ccccc4n(c2c1)c35. The second kappa shape index (κ2) is 6.27. The fourth-order valence-corrected chi connectivity index (χ4v) is 6.32. The number of nitrogens with zero attached hydrogens (tertiary/aromatic N) is 2. The van der Waals surface area contributed by atoms with E-state index in [1.807, 2.05) is 0 Å². The van der Waals surface area contributed by atoms with E-state index >= 15 is 0 Å².